The minimum absolute atomic E-state index is 0.162. The lowest BCUT2D eigenvalue weighted by molar-refractivity contribution is 0.0951. The summed E-state index contributed by atoms with van der Waals surface area (Å²) in [6.07, 6.45) is 0.815. The molecule has 1 aromatic heterocycles. The number of carbonyl (C=O) groups excluding carboxylic acids is 1. The fourth-order valence-electron chi connectivity index (χ4n) is 3.72. The fourth-order valence-corrected chi connectivity index (χ4v) is 5.56. The first kappa shape index (κ1) is 22.2. The first-order valence-electron chi connectivity index (χ1n) is 10.2. The lowest BCUT2D eigenvalue weighted by Crippen LogP contribution is -2.22. The predicted octanol–water partition coefficient (Wildman–Crippen LogP) is 7.30. The molecule has 0 fully saturated rings. The quantitative estimate of drug-likeness (QED) is 0.303. The van der Waals surface area contributed by atoms with Gasteiger partial charge in [-0.3, -0.25) is 4.79 Å². The number of rotatable bonds is 5. The maximum absolute atomic E-state index is 12.8. The number of hydrogen-bond donors (Lipinski definition) is 1. The van der Waals surface area contributed by atoms with E-state index in [1.807, 2.05) is 42.5 Å². The molecule has 0 aliphatic carbocycles. The summed E-state index contributed by atoms with van der Waals surface area (Å²) < 4.78 is 5.52. The largest absolute Gasteiger partial charge is 0.493 e. The van der Waals surface area contributed by atoms with E-state index in [-0.39, 0.29) is 12.5 Å². The molecule has 0 spiro atoms. The normalized spacial score (nSPS) is 12.3. The summed E-state index contributed by atoms with van der Waals surface area (Å²) in [6.45, 7) is 0.931. The minimum Gasteiger partial charge on any atom is -0.493 e. The summed E-state index contributed by atoms with van der Waals surface area (Å²) >= 11 is 20.5. The molecule has 5 rings (SSSR count). The molecule has 0 saturated heterocycles. The van der Waals surface area contributed by atoms with Gasteiger partial charge in [0.1, 0.15) is 10.8 Å². The molecule has 2 heterocycles. The van der Waals surface area contributed by atoms with Crippen LogP contribution in [0, 0.1) is 0 Å². The van der Waals surface area contributed by atoms with E-state index in [9.17, 15) is 4.79 Å². The SMILES string of the molecule is O=C(NCc1nc(-c2ccccc2Cl)c(-c2ccc(Cl)cc2Cl)s1)c1ccc2c(c1)CCO2. The lowest BCUT2D eigenvalue weighted by atomic mass is 10.1. The molecule has 0 bridgehead atoms. The number of ether oxygens (including phenoxy) is 1. The average Bonchev–Trinajstić information content (AvgIpc) is 3.44. The van der Waals surface area contributed by atoms with Crippen molar-refractivity contribution in [1.82, 2.24) is 10.3 Å². The molecule has 166 valence electrons. The van der Waals surface area contributed by atoms with Crippen molar-refractivity contribution >= 4 is 52.0 Å². The highest BCUT2D eigenvalue weighted by atomic mass is 35.5. The highest BCUT2D eigenvalue weighted by Gasteiger charge is 2.20. The van der Waals surface area contributed by atoms with Crippen LogP contribution in [0.15, 0.2) is 60.7 Å². The van der Waals surface area contributed by atoms with Gasteiger partial charge in [-0.15, -0.1) is 11.3 Å². The Morgan fingerprint density at radius 2 is 1.85 bits per heavy atom. The molecule has 1 aliphatic rings. The van der Waals surface area contributed by atoms with E-state index in [4.69, 9.17) is 44.5 Å². The van der Waals surface area contributed by atoms with Crippen molar-refractivity contribution < 1.29 is 9.53 Å². The van der Waals surface area contributed by atoms with Gasteiger partial charge < -0.3 is 10.1 Å². The predicted molar refractivity (Wildman–Crippen MR) is 135 cm³/mol. The maximum atomic E-state index is 12.8. The number of halogens is 3. The van der Waals surface area contributed by atoms with Crippen LogP contribution in [0.3, 0.4) is 0 Å². The molecular formula is C25H17Cl3N2O2S. The molecule has 1 N–H and O–H groups in total. The van der Waals surface area contributed by atoms with Gasteiger partial charge in [0.05, 0.1) is 33.8 Å². The zero-order chi connectivity index (χ0) is 22.9. The second-order valence-corrected chi connectivity index (χ2v) is 9.83. The third-order valence-electron chi connectivity index (χ3n) is 5.33. The van der Waals surface area contributed by atoms with Crippen LogP contribution in [-0.2, 0) is 13.0 Å². The molecule has 0 radical (unpaired) electrons. The van der Waals surface area contributed by atoms with E-state index in [1.165, 1.54) is 11.3 Å². The average molecular weight is 516 g/mol. The standard InChI is InChI=1S/C25H17Cl3N2O2S/c26-16-6-7-18(20(28)12-16)24-23(17-3-1-2-4-19(17)27)30-22(33-24)13-29-25(31)15-5-8-21-14(11-15)9-10-32-21/h1-8,11-12H,9-10,13H2,(H,29,31). The summed E-state index contributed by atoms with van der Waals surface area (Å²) in [4.78, 5) is 18.4. The Hall–Kier alpha value is -2.57. The van der Waals surface area contributed by atoms with Gasteiger partial charge in [-0.05, 0) is 42.0 Å². The van der Waals surface area contributed by atoms with E-state index < -0.39 is 0 Å². The topological polar surface area (TPSA) is 51.2 Å². The summed E-state index contributed by atoms with van der Waals surface area (Å²) in [6, 6.07) is 18.4. The smallest absolute Gasteiger partial charge is 0.251 e. The molecule has 4 aromatic rings. The molecular weight excluding hydrogens is 499 g/mol. The van der Waals surface area contributed by atoms with Gasteiger partial charge in [-0.1, -0.05) is 59.1 Å². The Bertz CT molecular complexity index is 1370. The Morgan fingerprint density at radius 1 is 1.00 bits per heavy atom. The van der Waals surface area contributed by atoms with Crippen LogP contribution in [0.1, 0.15) is 20.9 Å². The molecule has 4 nitrogen and oxygen atoms in total. The summed E-state index contributed by atoms with van der Waals surface area (Å²) in [5.41, 5.74) is 3.98. The highest BCUT2D eigenvalue weighted by Crippen LogP contribution is 2.42. The number of amides is 1. The minimum atomic E-state index is -0.162. The van der Waals surface area contributed by atoms with Crippen LogP contribution in [-0.4, -0.2) is 17.5 Å². The fraction of sp³-hybridized carbons (Fsp3) is 0.120. The number of nitrogens with one attached hydrogen (secondary N) is 1. The maximum Gasteiger partial charge on any atom is 0.251 e. The molecule has 33 heavy (non-hydrogen) atoms. The number of aromatic nitrogens is 1. The monoisotopic (exact) mass is 514 g/mol. The van der Waals surface area contributed by atoms with E-state index >= 15 is 0 Å². The summed E-state index contributed by atoms with van der Waals surface area (Å²) in [5.74, 6) is 0.686. The zero-order valence-electron chi connectivity index (χ0n) is 17.2. The number of carbonyl (C=O) groups is 1. The Balaban J connectivity index is 1.46. The molecule has 3 aromatic carbocycles. The van der Waals surface area contributed by atoms with Crippen molar-refractivity contribution in [3.63, 3.8) is 0 Å². The third-order valence-corrected chi connectivity index (χ3v) is 7.29. The Labute approximate surface area is 210 Å². The molecule has 1 aliphatic heterocycles. The van der Waals surface area contributed by atoms with E-state index in [0.29, 0.717) is 32.9 Å². The van der Waals surface area contributed by atoms with Gasteiger partial charge in [0.25, 0.3) is 5.91 Å². The molecule has 1 amide bonds. The van der Waals surface area contributed by atoms with Crippen LogP contribution in [0.4, 0.5) is 0 Å². The molecule has 0 atom stereocenters. The van der Waals surface area contributed by atoms with Crippen LogP contribution in [0.25, 0.3) is 21.7 Å². The van der Waals surface area contributed by atoms with Gasteiger partial charge in [-0.25, -0.2) is 4.98 Å². The second kappa shape index (κ2) is 9.35. The van der Waals surface area contributed by atoms with Crippen molar-refractivity contribution in [2.24, 2.45) is 0 Å². The molecule has 8 heteroatoms. The second-order valence-electron chi connectivity index (χ2n) is 7.49. The number of thiazole rings is 1. The van der Waals surface area contributed by atoms with E-state index in [1.54, 1.807) is 18.2 Å². The van der Waals surface area contributed by atoms with Crippen molar-refractivity contribution in [3.05, 3.63) is 91.9 Å². The van der Waals surface area contributed by atoms with Gasteiger partial charge in [0.15, 0.2) is 0 Å². The first-order valence-corrected chi connectivity index (χ1v) is 12.2. The first-order chi connectivity index (χ1) is 16.0. The Morgan fingerprint density at radius 3 is 2.67 bits per heavy atom. The van der Waals surface area contributed by atoms with Gasteiger partial charge in [0, 0.05) is 28.1 Å². The van der Waals surface area contributed by atoms with Crippen molar-refractivity contribution in [2.75, 3.05) is 6.61 Å². The van der Waals surface area contributed by atoms with Gasteiger partial charge >= 0.3 is 0 Å². The van der Waals surface area contributed by atoms with E-state index in [0.717, 1.165) is 38.7 Å². The molecule has 0 saturated carbocycles. The summed E-state index contributed by atoms with van der Waals surface area (Å²) in [7, 11) is 0. The van der Waals surface area contributed by atoms with E-state index in [2.05, 4.69) is 5.32 Å². The van der Waals surface area contributed by atoms with Gasteiger partial charge in [0.2, 0.25) is 0 Å². The number of benzene rings is 3. The van der Waals surface area contributed by atoms with Crippen LogP contribution in [0.2, 0.25) is 15.1 Å². The van der Waals surface area contributed by atoms with Crippen molar-refractivity contribution in [2.45, 2.75) is 13.0 Å². The number of nitrogens with zero attached hydrogens (tertiary/aromatic N) is 1. The lowest BCUT2D eigenvalue weighted by Gasteiger charge is -2.07. The third kappa shape index (κ3) is 4.59. The highest BCUT2D eigenvalue weighted by molar-refractivity contribution is 7.15. The van der Waals surface area contributed by atoms with Crippen molar-refractivity contribution in [1.29, 1.82) is 0 Å². The number of hydrogen-bond acceptors (Lipinski definition) is 4. The van der Waals surface area contributed by atoms with Crippen LogP contribution < -0.4 is 10.1 Å². The number of fused-ring (bicyclic) bond motifs is 1. The van der Waals surface area contributed by atoms with Crippen molar-refractivity contribution in [3.8, 4) is 27.4 Å². The molecule has 0 unspecified atom stereocenters. The van der Waals surface area contributed by atoms with Crippen LogP contribution >= 0.6 is 46.1 Å². The van der Waals surface area contributed by atoms with Crippen LogP contribution in [0.5, 0.6) is 5.75 Å². The Kier molecular flexibility index (Phi) is 6.30. The summed E-state index contributed by atoms with van der Waals surface area (Å²) in [5, 5.41) is 5.38. The van der Waals surface area contributed by atoms with Gasteiger partial charge in [-0.2, -0.15) is 0 Å². The zero-order valence-corrected chi connectivity index (χ0v) is 20.3.